The maximum absolute atomic E-state index is 11.0. The van der Waals surface area contributed by atoms with E-state index in [1.165, 1.54) is 0 Å². The number of nitriles is 1. The second-order valence-electron chi connectivity index (χ2n) is 3.18. The first-order valence-electron chi connectivity index (χ1n) is 4.66. The summed E-state index contributed by atoms with van der Waals surface area (Å²) in [5.74, 6) is 0.173. The summed E-state index contributed by atoms with van der Waals surface area (Å²) in [6.45, 7) is 3.13. The average Bonchev–Trinajstić information content (AvgIpc) is 2.15. The average molecular weight is 199 g/mol. The smallest absolute Gasteiger partial charge is 0.234 e. The van der Waals surface area contributed by atoms with Crippen molar-refractivity contribution < 1.29 is 9.90 Å². The van der Waals surface area contributed by atoms with Gasteiger partial charge in [-0.15, -0.1) is 0 Å². The van der Waals surface area contributed by atoms with E-state index < -0.39 is 0 Å². The Kier molecular flexibility index (Phi) is 7.80. The first-order valence-corrected chi connectivity index (χ1v) is 4.66. The Morgan fingerprint density at radius 1 is 1.64 bits per heavy atom. The maximum atomic E-state index is 11.0. The highest BCUT2D eigenvalue weighted by Crippen LogP contribution is 1.96. The minimum atomic E-state index is -0.178. The van der Waals surface area contributed by atoms with Gasteiger partial charge in [-0.25, -0.2) is 0 Å². The van der Waals surface area contributed by atoms with Gasteiger partial charge in [0, 0.05) is 6.61 Å². The molecule has 0 fully saturated rings. The topological polar surface area (TPSA) is 85.2 Å². The fraction of sp³-hybridized carbons (Fsp3) is 0.778. The summed E-state index contributed by atoms with van der Waals surface area (Å²) >= 11 is 0. The van der Waals surface area contributed by atoms with Crippen molar-refractivity contribution in [2.75, 3.05) is 26.2 Å². The zero-order valence-electron chi connectivity index (χ0n) is 8.42. The molecule has 0 bridgehead atoms. The quantitative estimate of drug-likeness (QED) is 0.470. The van der Waals surface area contributed by atoms with Gasteiger partial charge in [0.15, 0.2) is 0 Å². The number of carbonyl (C=O) groups is 1. The van der Waals surface area contributed by atoms with Gasteiger partial charge in [0.05, 0.1) is 12.6 Å². The van der Waals surface area contributed by atoms with Gasteiger partial charge >= 0.3 is 0 Å². The van der Waals surface area contributed by atoms with Crippen molar-refractivity contribution in [2.24, 2.45) is 5.92 Å². The van der Waals surface area contributed by atoms with Crippen molar-refractivity contribution >= 4 is 5.91 Å². The Balaban J connectivity index is 3.35. The molecule has 1 unspecified atom stereocenters. The molecule has 0 aromatic heterocycles. The standard InChI is InChI=1S/C9H17N3O2/c1-8(2-5-13)6-11-7-9(14)12-4-3-10/h8,11,13H,2,4-7H2,1H3,(H,12,14). The zero-order chi connectivity index (χ0) is 10.8. The van der Waals surface area contributed by atoms with E-state index in [9.17, 15) is 4.79 Å². The number of nitrogens with one attached hydrogen (secondary N) is 2. The Labute approximate surface area is 84.1 Å². The number of amides is 1. The van der Waals surface area contributed by atoms with Gasteiger partial charge in [-0.05, 0) is 18.9 Å². The summed E-state index contributed by atoms with van der Waals surface area (Å²) in [7, 11) is 0. The zero-order valence-corrected chi connectivity index (χ0v) is 8.42. The molecule has 0 aliphatic rings. The van der Waals surface area contributed by atoms with Crippen molar-refractivity contribution in [3.63, 3.8) is 0 Å². The molecule has 0 aromatic carbocycles. The summed E-state index contributed by atoms with van der Waals surface area (Å²) in [5.41, 5.74) is 0. The Hall–Kier alpha value is -1.12. The third-order valence-electron chi connectivity index (χ3n) is 1.76. The van der Waals surface area contributed by atoms with E-state index in [0.29, 0.717) is 12.5 Å². The lowest BCUT2D eigenvalue weighted by atomic mass is 10.1. The van der Waals surface area contributed by atoms with Crippen molar-refractivity contribution in [3.05, 3.63) is 0 Å². The molecule has 80 valence electrons. The van der Waals surface area contributed by atoms with Crippen LogP contribution >= 0.6 is 0 Å². The summed E-state index contributed by atoms with van der Waals surface area (Å²) in [5, 5.41) is 22.2. The number of carbonyl (C=O) groups excluding carboxylic acids is 1. The summed E-state index contributed by atoms with van der Waals surface area (Å²) in [6, 6.07) is 1.83. The van der Waals surface area contributed by atoms with E-state index in [-0.39, 0.29) is 25.6 Å². The number of aliphatic hydroxyl groups excluding tert-OH is 1. The first kappa shape index (κ1) is 12.9. The molecule has 5 heteroatoms. The van der Waals surface area contributed by atoms with E-state index >= 15 is 0 Å². The molecule has 0 aromatic rings. The van der Waals surface area contributed by atoms with Crippen LogP contribution < -0.4 is 10.6 Å². The van der Waals surface area contributed by atoms with Gasteiger partial charge in [-0.1, -0.05) is 6.92 Å². The van der Waals surface area contributed by atoms with Crippen molar-refractivity contribution in [1.82, 2.24) is 10.6 Å². The van der Waals surface area contributed by atoms with E-state index in [1.54, 1.807) is 0 Å². The Morgan fingerprint density at radius 3 is 2.93 bits per heavy atom. The molecule has 0 saturated heterocycles. The lowest BCUT2D eigenvalue weighted by Crippen LogP contribution is -2.35. The largest absolute Gasteiger partial charge is 0.396 e. The second kappa shape index (κ2) is 8.48. The van der Waals surface area contributed by atoms with Crippen molar-refractivity contribution in [3.8, 4) is 6.07 Å². The number of hydrogen-bond acceptors (Lipinski definition) is 4. The monoisotopic (exact) mass is 199 g/mol. The predicted molar refractivity (Wildman–Crippen MR) is 52.4 cm³/mol. The van der Waals surface area contributed by atoms with Gasteiger partial charge in [0.25, 0.3) is 0 Å². The number of hydrogen-bond donors (Lipinski definition) is 3. The maximum Gasteiger partial charge on any atom is 0.234 e. The van der Waals surface area contributed by atoms with Gasteiger partial charge in [-0.3, -0.25) is 4.79 Å². The lowest BCUT2D eigenvalue weighted by molar-refractivity contribution is -0.120. The van der Waals surface area contributed by atoms with Gasteiger partial charge < -0.3 is 15.7 Å². The summed E-state index contributed by atoms with van der Waals surface area (Å²) < 4.78 is 0. The molecule has 5 nitrogen and oxygen atoms in total. The normalized spacial score (nSPS) is 11.8. The third-order valence-corrected chi connectivity index (χ3v) is 1.76. The molecule has 0 aliphatic heterocycles. The highest BCUT2D eigenvalue weighted by molar-refractivity contribution is 5.78. The Bertz CT molecular complexity index is 201. The van der Waals surface area contributed by atoms with E-state index in [2.05, 4.69) is 10.6 Å². The van der Waals surface area contributed by atoms with Crippen LogP contribution in [-0.2, 0) is 4.79 Å². The van der Waals surface area contributed by atoms with Gasteiger partial charge in [0.2, 0.25) is 5.91 Å². The molecule has 0 rings (SSSR count). The highest BCUT2D eigenvalue weighted by Gasteiger charge is 2.02. The van der Waals surface area contributed by atoms with Crippen LogP contribution in [0.5, 0.6) is 0 Å². The molecule has 3 N–H and O–H groups in total. The molecule has 14 heavy (non-hydrogen) atoms. The van der Waals surface area contributed by atoms with Crippen molar-refractivity contribution in [1.29, 1.82) is 5.26 Å². The molecular formula is C9H17N3O2. The predicted octanol–water partition coefficient (Wildman–Crippen LogP) is -0.766. The first-order chi connectivity index (χ1) is 6.70. The van der Waals surface area contributed by atoms with Crippen LogP contribution in [0.2, 0.25) is 0 Å². The van der Waals surface area contributed by atoms with Crippen LogP contribution in [0.3, 0.4) is 0 Å². The molecular weight excluding hydrogens is 182 g/mol. The fourth-order valence-corrected chi connectivity index (χ4v) is 0.955. The van der Waals surface area contributed by atoms with Crippen LogP contribution in [0.15, 0.2) is 0 Å². The van der Waals surface area contributed by atoms with Crippen LogP contribution in [0.25, 0.3) is 0 Å². The van der Waals surface area contributed by atoms with Crippen LogP contribution in [0, 0.1) is 17.2 Å². The molecule has 1 atom stereocenters. The van der Waals surface area contributed by atoms with Crippen LogP contribution in [0.4, 0.5) is 0 Å². The highest BCUT2D eigenvalue weighted by atomic mass is 16.3. The fourth-order valence-electron chi connectivity index (χ4n) is 0.955. The van der Waals surface area contributed by atoms with E-state index in [4.69, 9.17) is 10.4 Å². The molecule has 0 heterocycles. The van der Waals surface area contributed by atoms with Crippen LogP contribution in [-0.4, -0.2) is 37.3 Å². The van der Waals surface area contributed by atoms with E-state index in [0.717, 1.165) is 6.42 Å². The SMILES string of the molecule is CC(CCO)CNCC(=O)NCC#N. The summed E-state index contributed by atoms with van der Waals surface area (Å²) in [4.78, 5) is 11.0. The molecule has 0 spiro atoms. The summed E-state index contributed by atoms with van der Waals surface area (Å²) in [6.07, 6.45) is 0.729. The molecule has 0 aliphatic carbocycles. The van der Waals surface area contributed by atoms with Crippen molar-refractivity contribution in [2.45, 2.75) is 13.3 Å². The molecule has 0 radical (unpaired) electrons. The Morgan fingerprint density at radius 2 is 2.36 bits per heavy atom. The van der Waals surface area contributed by atoms with Gasteiger partial charge in [-0.2, -0.15) is 5.26 Å². The minimum absolute atomic E-state index is 0.0483. The van der Waals surface area contributed by atoms with E-state index in [1.807, 2.05) is 13.0 Å². The number of aliphatic hydroxyl groups is 1. The van der Waals surface area contributed by atoms with Gasteiger partial charge in [0.1, 0.15) is 6.54 Å². The third kappa shape index (κ3) is 7.53. The minimum Gasteiger partial charge on any atom is -0.396 e. The molecule has 0 saturated carbocycles. The number of nitrogens with zero attached hydrogens (tertiary/aromatic N) is 1. The lowest BCUT2D eigenvalue weighted by Gasteiger charge is -2.10. The number of rotatable bonds is 7. The molecule has 1 amide bonds. The van der Waals surface area contributed by atoms with Crippen LogP contribution in [0.1, 0.15) is 13.3 Å². The second-order valence-corrected chi connectivity index (χ2v) is 3.18.